The molecule has 0 unspecified atom stereocenters. The van der Waals surface area contributed by atoms with Crippen molar-refractivity contribution >= 4 is 27.5 Å². The third-order valence-electron chi connectivity index (χ3n) is 4.74. The van der Waals surface area contributed by atoms with E-state index >= 15 is 0 Å². The zero-order valence-corrected chi connectivity index (χ0v) is 17.9. The number of carbonyl (C=O) groups is 2. The molecule has 0 spiro atoms. The molecule has 0 aliphatic heterocycles. The second-order valence-electron chi connectivity index (χ2n) is 7.32. The summed E-state index contributed by atoms with van der Waals surface area (Å²) in [5.74, 6) is -0.630. The molecule has 2 rings (SSSR count). The van der Waals surface area contributed by atoms with Gasteiger partial charge in [0.25, 0.3) is 0 Å². The van der Waals surface area contributed by atoms with Gasteiger partial charge in [0.15, 0.2) is 0 Å². The summed E-state index contributed by atoms with van der Waals surface area (Å²) in [7, 11) is -3.85. The zero-order valence-electron chi connectivity index (χ0n) is 17.1. The van der Waals surface area contributed by atoms with Gasteiger partial charge in [-0.3, -0.25) is 9.59 Å². The third-order valence-corrected chi connectivity index (χ3v) is 6.29. The van der Waals surface area contributed by atoms with Crippen molar-refractivity contribution in [3.63, 3.8) is 0 Å². The first-order valence-corrected chi connectivity index (χ1v) is 11.6. The molecule has 8 nitrogen and oxygen atoms in total. The molecule has 1 aromatic rings. The number of hydrogen-bond acceptors (Lipinski definition) is 5. The minimum atomic E-state index is -3.85. The SMILES string of the molecule is CC(=O)Nc1ccc(S(=O)(=O)N[C@@H](C)C(=O)NCCCOC2CCCCC2)cc1. The van der Waals surface area contributed by atoms with Crippen molar-refractivity contribution in [2.75, 3.05) is 18.5 Å². The fourth-order valence-electron chi connectivity index (χ4n) is 3.19. The summed E-state index contributed by atoms with van der Waals surface area (Å²) in [6, 6.07) is 4.83. The summed E-state index contributed by atoms with van der Waals surface area (Å²) in [5, 5.41) is 5.30. The van der Waals surface area contributed by atoms with Crippen LogP contribution in [-0.2, 0) is 24.3 Å². The van der Waals surface area contributed by atoms with Crippen LogP contribution < -0.4 is 15.4 Å². The van der Waals surface area contributed by atoms with Gasteiger partial charge in [-0.2, -0.15) is 4.72 Å². The number of sulfonamides is 1. The smallest absolute Gasteiger partial charge is 0.241 e. The fraction of sp³-hybridized carbons (Fsp3) is 0.600. The summed E-state index contributed by atoms with van der Waals surface area (Å²) in [6.45, 7) is 3.89. The average molecular weight is 426 g/mol. The van der Waals surface area contributed by atoms with E-state index < -0.39 is 16.1 Å². The van der Waals surface area contributed by atoms with E-state index in [1.165, 1.54) is 57.4 Å². The first kappa shape index (κ1) is 23.3. The third kappa shape index (κ3) is 8.12. The number of carbonyl (C=O) groups excluding carboxylic acids is 2. The zero-order chi connectivity index (χ0) is 21.3. The maximum absolute atomic E-state index is 12.4. The van der Waals surface area contributed by atoms with Crippen LogP contribution >= 0.6 is 0 Å². The molecule has 1 aromatic carbocycles. The topological polar surface area (TPSA) is 114 Å². The maximum atomic E-state index is 12.4. The van der Waals surface area contributed by atoms with Gasteiger partial charge in [0.1, 0.15) is 0 Å². The summed E-state index contributed by atoms with van der Waals surface area (Å²) in [6.07, 6.45) is 6.95. The van der Waals surface area contributed by atoms with Gasteiger partial charge >= 0.3 is 0 Å². The van der Waals surface area contributed by atoms with Crippen LogP contribution in [0.25, 0.3) is 0 Å². The molecule has 1 aliphatic carbocycles. The van der Waals surface area contributed by atoms with Crippen LogP contribution in [0.4, 0.5) is 5.69 Å². The van der Waals surface area contributed by atoms with Crippen molar-refractivity contribution in [3.05, 3.63) is 24.3 Å². The molecular weight excluding hydrogens is 394 g/mol. The fourth-order valence-corrected chi connectivity index (χ4v) is 4.40. The molecule has 29 heavy (non-hydrogen) atoms. The standard InChI is InChI=1S/C20H31N3O5S/c1-15(20(25)21-13-6-14-28-18-7-4-3-5-8-18)23-29(26,27)19-11-9-17(10-12-19)22-16(2)24/h9-12,15,18,23H,3-8,13-14H2,1-2H3,(H,21,25)(H,22,24)/t15-/m0/s1. The first-order chi connectivity index (χ1) is 13.8. The molecule has 1 atom stereocenters. The lowest BCUT2D eigenvalue weighted by molar-refractivity contribution is -0.122. The van der Waals surface area contributed by atoms with Crippen molar-refractivity contribution < 1.29 is 22.7 Å². The number of rotatable bonds is 10. The van der Waals surface area contributed by atoms with Gasteiger partial charge in [-0.1, -0.05) is 19.3 Å². The lowest BCUT2D eigenvalue weighted by atomic mass is 9.98. The Hall–Kier alpha value is -1.97. The predicted octanol–water partition coefficient (Wildman–Crippen LogP) is 2.17. The van der Waals surface area contributed by atoms with E-state index in [0.29, 0.717) is 31.4 Å². The van der Waals surface area contributed by atoms with Crippen LogP contribution in [-0.4, -0.2) is 45.5 Å². The molecule has 0 heterocycles. The van der Waals surface area contributed by atoms with Gasteiger partial charge in [-0.25, -0.2) is 8.42 Å². The Morgan fingerprint density at radius 3 is 2.41 bits per heavy atom. The Bertz CT molecular complexity index is 774. The van der Waals surface area contributed by atoms with E-state index in [9.17, 15) is 18.0 Å². The molecular formula is C20H31N3O5S. The highest BCUT2D eigenvalue weighted by Crippen LogP contribution is 2.20. The predicted molar refractivity (Wildman–Crippen MR) is 111 cm³/mol. The van der Waals surface area contributed by atoms with E-state index in [4.69, 9.17) is 4.74 Å². The van der Waals surface area contributed by atoms with E-state index in [1.54, 1.807) is 0 Å². The number of nitrogens with one attached hydrogen (secondary N) is 3. The van der Waals surface area contributed by atoms with Gasteiger partial charge in [0, 0.05) is 25.8 Å². The normalized spacial score (nSPS) is 16.2. The Kier molecular flexibility index (Phi) is 9.06. The number of amides is 2. The van der Waals surface area contributed by atoms with Crippen LogP contribution in [0.5, 0.6) is 0 Å². The van der Waals surface area contributed by atoms with Crippen LogP contribution in [0.15, 0.2) is 29.2 Å². The van der Waals surface area contributed by atoms with E-state index in [0.717, 1.165) is 12.8 Å². The van der Waals surface area contributed by atoms with Gasteiger partial charge in [0.2, 0.25) is 21.8 Å². The molecule has 1 aliphatic rings. The minimum absolute atomic E-state index is 0.0205. The molecule has 3 N–H and O–H groups in total. The van der Waals surface area contributed by atoms with Crippen molar-refractivity contribution in [1.82, 2.24) is 10.0 Å². The Morgan fingerprint density at radius 2 is 1.79 bits per heavy atom. The van der Waals surface area contributed by atoms with Crippen molar-refractivity contribution in [2.24, 2.45) is 0 Å². The molecule has 0 aromatic heterocycles. The Morgan fingerprint density at radius 1 is 1.14 bits per heavy atom. The van der Waals surface area contributed by atoms with E-state index in [-0.39, 0.29) is 16.7 Å². The van der Waals surface area contributed by atoms with Crippen molar-refractivity contribution in [2.45, 2.75) is 69.4 Å². The molecule has 162 valence electrons. The molecule has 0 saturated heterocycles. The Balaban J connectivity index is 1.73. The number of hydrogen-bond donors (Lipinski definition) is 3. The molecule has 0 bridgehead atoms. The quantitative estimate of drug-likeness (QED) is 0.497. The van der Waals surface area contributed by atoms with Crippen molar-refractivity contribution in [3.8, 4) is 0 Å². The molecule has 1 fully saturated rings. The number of benzene rings is 1. The van der Waals surface area contributed by atoms with Crippen LogP contribution in [0.3, 0.4) is 0 Å². The van der Waals surface area contributed by atoms with Gasteiger partial charge in [0.05, 0.1) is 17.0 Å². The molecule has 2 amide bonds. The Labute approximate surface area is 172 Å². The summed E-state index contributed by atoms with van der Waals surface area (Å²) < 4.78 is 33.0. The second-order valence-corrected chi connectivity index (χ2v) is 9.04. The lowest BCUT2D eigenvalue weighted by Crippen LogP contribution is -2.45. The summed E-state index contributed by atoms with van der Waals surface area (Å²) in [4.78, 5) is 23.2. The summed E-state index contributed by atoms with van der Waals surface area (Å²) in [5.41, 5.74) is 0.498. The van der Waals surface area contributed by atoms with E-state index in [1.807, 2.05) is 0 Å². The monoisotopic (exact) mass is 425 g/mol. The van der Waals surface area contributed by atoms with Crippen LogP contribution in [0.1, 0.15) is 52.4 Å². The highest BCUT2D eigenvalue weighted by Gasteiger charge is 2.22. The lowest BCUT2D eigenvalue weighted by Gasteiger charge is -2.22. The highest BCUT2D eigenvalue weighted by molar-refractivity contribution is 7.89. The highest BCUT2D eigenvalue weighted by atomic mass is 32.2. The molecule has 9 heteroatoms. The number of anilines is 1. The van der Waals surface area contributed by atoms with Crippen molar-refractivity contribution in [1.29, 1.82) is 0 Å². The molecule has 1 saturated carbocycles. The molecule has 0 radical (unpaired) electrons. The number of ether oxygens (including phenoxy) is 1. The maximum Gasteiger partial charge on any atom is 0.241 e. The average Bonchev–Trinajstić information content (AvgIpc) is 2.68. The van der Waals surface area contributed by atoms with Crippen LogP contribution in [0.2, 0.25) is 0 Å². The minimum Gasteiger partial charge on any atom is -0.378 e. The van der Waals surface area contributed by atoms with E-state index in [2.05, 4.69) is 15.4 Å². The summed E-state index contributed by atoms with van der Waals surface area (Å²) >= 11 is 0. The van der Waals surface area contributed by atoms with Gasteiger partial charge in [-0.05, 0) is 50.5 Å². The van der Waals surface area contributed by atoms with Gasteiger partial charge < -0.3 is 15.4 Å². The largest absolute Gasteiger partial charge is 0.378 e. The van der Waals surface area contributed by atoms with Gasteiger partial charge in [-0.15, -0.1) is 0 Å². The second kappa shape index (κ2) is 11.3. The van der Waals surface area contributed by atoms with Crippen LogP contribution in [0, 0.1) is 0 Å². The first-order valence-electron chi connectivity index (χ1n) is 10.1.